The summed E-state index contributed by atoms with van der Waals surface area (Å²) < 4.78 is 0. The number of benzene rings is 1. The molecule has 0 saturated heterocycles. The van der Waals surface area contributed by atoms with Crippen LogP contribution in [0.3, 0.4) is 0 Å². The van der Waals surface area contributed by atoms with Crippen molar-refractivity contribution in [2.45, 2.75) is 26.7 Å². The largest absolute Gasteiger partial charge is 0.315 e. The number of Topliss-reactive ketones (excluding diaryl/α,β-unsaturated/α-hetero) is 1. The fourth-order valence-electron chi connectivity index (χ4n) is 1.49. The third kappa shape index (κ3) is 2.92. The van der Waals surface area contributed by atoms with Crippen molar-refractivity contribution in [3.8, 4) is 0 Å². The number of carbonyl (C=O) groups is 2. The number of hydrogen-bond donors (Lipinski definition) is 0. The molecule has 0 bridgehead atoms. The van der Waals surface area contributed by atoms with Crippen molar-refractivity contribution in [2.75, 3.05) is 11.9 Å². The zero-order valence-corrected chi connectivity index (χ0v) is 9.99. The fraction of sp³-hybridized carbons (Fsp3) is 0.385. The first-order valence-electron chi connectivity index (χ1n) is 5.40. The number of anilines is 1. The van der Waals surface area contributed by atoms with E-state index in [2.05, 4.69) is 0 Å². The van der Waals surface area contributed by atoms with Crippen LogP contribution in [0.5, 0.6) is 0 Å². The van der Waals surface area contributed by atoms with Crippen molar-refractivity contribution >= 4 is 17.4 Å². The molecule has 3 heteroatoms. The Morgan fingerprint density at radius 3 is 2.44 bits per heavy atom. The maximum absolute atomic E-state index is 11.8. The number of rotatable bonds is 4. The van der Waals surface area contributed by atoms with E-state index in [1.165, 1.54) is 0 Å². The number of para-hydroxylation sites is 1. The van der Waals surface area contributed by atoms with Gasteiger partial charge in [-0.15, -0.1) is 0 Å². The minimum atomic E-state index is -0.152. The molecule has 0 fully saturated rings. The first-order valence-corrected chi connectivity index (χ1v) is 5.40. The molecule has 0 heterocycles. The average molecular weight is 219 g/mol. The van der Waals surface area contributed by atoms with Crippen molar-refractivity contribution in [1.29, 1.82) is 0 Å². The molecule has 1 aromatic rings. The van der Waals surface area contributed by atoms with Crippen molar-refractivity contribution < 1.29 is 9.59 Å². The van der Waals surface area contributed by atoms with Gasteiger partial charge in [-0.05, 0) is 18.6 Å². The molecule has 16 heavy (non-hydrogen) atoms. The van der Waals surface area contributed by atoms with Crippen molar-refractivity contribution in [2.24, 2.45) is 0 Å². The van der Waals surface area contributed by atoms with Crippen LogP contribution < -0.4 is 4.90 Å². The average Bonchev–Trinajstić information content (AvgIpc) is 2.28. The first kappa shape index (κ1) is 12.4. The molecule has 0 aliphatic rings. The van der Waals surface area contributed by atoms with E-state index in [1.807, 2.05) is 31.2 Å². The van der Waals surface area contributed by atoms with E-state index in [0.717, 1.165) is 11.3 Å². The predicted molar refractivity (Wildman–Crippen MR) is 64.5 cm³/mol. The van der Waals surface area contributed by atoms with Crippen LogP contribution in [0, 0.1) is 6.92 Å². The van der Waals surface area contributed by atoms with Gasteiger partial charge in [-0.1, -0.05) is 25.1 Å². The highest BCUT2D eigenvalue weighted by Crippen LogP contribution is 2.18. The summed E-state index contributed by atoms with van der Waals surface area (Å²) in [4.78, 5) is 24.5. The molecule has 1 aromatic carbocycles. The third-order valence-corrected chi connectivity index (χ3v) is 2.59. The lowest BCUT2D eigenvalue weighted by atomic mass is 10.1. The number of hydrogen-bond acceptors (Lipinski definition) is 2. The van der Waals surface area contributed by atoms with Crippen LogP contribution in [0.2, 0.25) is 0 Å². The molecule has 0 aliphatic carbocycles. The standard InChI is InChI=1S/C13H17NO2/c1-4-11(15)9-13(16)14(3)12-8-6-5-7-10(12)2/h5-8H,4,9H2,1-3H3. The maximum Gasteiger partial charge on any atom is 0.234 e. The highest BCUT2D eigenvalue weighted by molar-refractivity contribution is 6.05. The Bertz CT molecular complexity index is 399. The molecule has 0 N–H and O–H groups in total. The van der Waals surface area contributed by atoms with Gasteiger partial charge in [0.25, 0.3) is 0 Å². The van der Waals surface area contributed by atoms with Gasteiger partial charge in [0.2, 0.25) is 5.91 Å². The van der Waals surface area contributed by atoms with Gasteiger partial charge < -0.3 is 4.90 Å². The molecule has 0 spiro atoms. The molecule has 86 valence electrons. The molecule has 0 aliphatic heterocycles. The van der Waals surface area contributed by atoms with E-state index < -0.39 is 0 Å². The molecule has 0 radical (unpaired) electrons. The van der Waals surface area contributed by atoms with Gasteiger partial charge in [0.15, 0.2) is 0 Å². The Hall–Kier alpha value is -1.64. The number of nitrogens with zero attached hydrogens (tertiary/aromatic N) is 1. The Kier molecular flexibility index (Phi) is 4.23. The normalized spacial score (nSPS) is 9.94. The van der Waals surface area contributed by atoms with Gasteiger partial charge in [0.05, 0.1) is 6.42 Å². The van der Waals surface area contributed by atoms with Crippen molar-refractivity contribution in [3.63, 3.8) is 0 Å². The zero-order chi connectivity index (χ0) is 12.1. The van der Waals surface area contributed by atoms with Gasteiger partial charge in [-0.3, -0.25) is 9.59 Å². The summed E-state index contributed by atoms with van der Waals surface area (Å²) in [5, 5.41) is 0. The summed E-state index contributed by atoms with van der Waals surface area (Å²) in [6.45, 7) is 3.71. The Balaban J connectivity index is 2.78. The SMILES string of the molecule is CCC(=O)CC(=O)N(C)c1ccccc1C. The van der Waals surface area contributed by atoms with E-state index in [1.54, 1.807) is 18.9 Å². The molecule has 1 amide bonds. The lowest BCUT2D eigenvalue weighted by Gasteiger charge is -2.18. The van der Waals surface area contributed by atoms with Crippen LogP contribution >= 0.6 is 0 Å². The second-order valence-electron chi connectivity index (χ2n) is 3.81. The van der Waals surface area contributed by atoms with Gasteiger partial charge >= 0.3 is 0 Å². The van der Waals surface area contributed by atoms with Crippen LogP contribution in [0.15, 0.2) is 24.3 Å². The molecule has 0 aromatic heterocycles. The molecule has 0 saturated carbocycles. The van der Waals surface area contributed by atoms with E-state index >= 15 is 0 Å². The van der Waals surface area contributed by atoms with Crippen LogP contribution in [0.25, 0.3) is 0 Å². The smallest absolute Gasteiger partial charge is 0.234 e. The second kappa shape index (κ2) is 5.45. The zero-order valence-electron chi connectivity index (χ0n) is 9.99. The molecule has 3 nitrogen and oxygen atoms in total. The second-order valence-corrected chi connectivity index (χ2v) is 3.81. The van der Waals surface area contributed by atoms with Crippen molar-refractivity contribution in [3.05, 3.63) is 29.8 Å². The lowest BCUT2D eigenvalue weighted by molar-refractivity contribution is -0.126. The molecule has 1 rings (SSSR count). The van der Waals surface area contributed by atoms with Crippen LogP contribution in [-0.2, 0) is 9.59 Å². The molecule has 0 atom stereocenters. The minimum Gasteiger partial charge on any atom is -0.315 e. The highest BCUT2D eigenvalue weighted by Gasteiger charge is 2.15. The van der Waals surface area contributed by atoms with E-state index in [-0.39, 0.29) is 18.1 Å². The third-order valence-electron chi connectivity index (χ3n) is 2.59. The Morgan fingerprint density at radius 2 is 1.88 bits per heavy atom. The topological polar surface area (TPSA) is 37.4 Å². The molecular formula is C13H17NO2. The monoisotopic (exact) mass is 219 g/mol. The Labute approximate surface area is 96.1 Å². The van der Waals surface area contributed by atoms with Gasteiger partial charge in [0, 0.05) is 19.2 Å². The summed E-state index contributed by atoms with van der Waals surface area (Å²) in [6.07, 6.45) is 0.398. The fourth-order valence-corrected chi connectivity index (χ4v) is 1.49. The van der Waals surface area contributed by atoms with Crippen LogP contribution in [0.4, 0.5) is 5.69 Å². The summed E-state index contributed by atoms with van der Waals surface area (Å²) in [6, 6.07) is 7.63. The lowest BCUT2D eigenvalue weighted by Crippen LogP contribution is -2.28. The maximum atomic E-state index is 11.8. The predicted octanol–water partition coefficient (Wildman–Crippen LogP) is 2.33. The highest BCUT2D eigenvalue weighted by atomic mass is 16.2. The molecular weight excluding hydrogens is 202 g/mol. The number of ketones is 1. The van der Waals surface area contributed by atoms with E-state index in [9.17, 15) is 9.59 Å². The van der Waals surface area contributed by atoms with Gasteiger partial charge in [-0.2, -0.15) is 0 Å². The number of aryl methyl sites for hydroxylation is 1. The summed E-state index contributed by atoms with van der Waals surface area (Å²) in [5.74, 6) is -0.174. The number of carbonyl (C=O) groups excluding carboxylic acids is 2. The van der Waals surface area contributed by atoms with Crippen LogP contribution in [0.1, 0.15) is 25.3 Å². The quantitative estimate of drug-likeness (QED) is 0.729. The van der Waals surface area contributed by atoms with Gasteiger partial charge in [0.1, 0.15) is 5.78 Å². The Morgan fingerprint density at radius 1 is 1.25 bits per heavy atom. The summed E-state index contributed by atoms with van der Waals surface area (Å²) in [5.41, 5.74) is 1.89. The van der Waals surface area contributed by atoms with Crippen LogP contribution in [-0.4, -0.2) is 18.7 Å². The summed E-state index contributed by atoms with van der Waals surface area (Å²) >= 11 is 0. The van der Waals surface area contributed by atoms with Crippen molar-refractivity contribution in [1.82, 2.24) is 0 Å². The van der Waals surface area contributed by atoms with Gasteiger partial charge in [-0.25, -0.2) is 0 Å². The summed E-state index contributed by atoms with van der Waals surface area (Å²) in [7, 11) is 1.70. The van der Waals surface area contributed by atoms with E-state index in [0.29, 0.717) is 6.42 Å². The van der Waals surface area contributed by atoms with E-state index in [4.69, 9.17) is 0 Å². The minimum absolute atomic E-state index is 0.0126. The number of amides is 1. The first-order chi connectivity index (χ1) is 7.56. The molecule has 0 unspecified atom stereocenters.